The molecule has 6 aromatic rings. The molecule has 39 heavy (non-hydrogen) atoms. The minimum absolute atomic E-state index is 0.207. The highest BCUT2D eigenvalue weighted by Crippen LogP contribution is 2.30. The first-order valence-electron chi connectivity index (χ1n) is 12.2. The van der Waals surface area contributed by atoms with E-state index in [1.54, 1.807) is 17.4 Å². The normalized spacial score (nSPS) is 12.1. The molecule has 0 spiro atoms. The SMILES string of the molecule is C=CCOc1ccc(-c2nn(-c3ccccc3)cc2/C=c2\sc3nc(/C=C/c4cccs4)nn3c2=O)c(C)c1. The Balaban J connectivity index is 1.43. The van der Waals surface area contributed by atoms with Gasteiger partial charge < -0.3 is 4.74 Å². The summed E-state index contributed by atoms with van der Waals surface area (Å²) in [5.41, 5.74) is 4.27. The van der Waals surface area contributed by atoms with Crippen LogP contribution in [-0.4, -0.2) is 31.0 Å². The summed E-state index contributed by atoms with van der Waals surface area (Å²) in [4.78, 5) is 19.5. The number of benzene rings is 2. The predicted octanol–water partition coefficient (Wildman–Crippen LogP) is 5.66. The zero-order chi connectivity index (χ0) is 26.8. The van der Waals surface area contributed by atoms with Crippen LogP contribution in [0.4, 0.5) is 0 Å². The minimum atomic E-state index is -0.207. The summed E-state index contributed by atoms with van der Waals surface area (Å²) in [5.74, 6) is 1.27. The van der Waals surface area contributed by atoms with E-state index in [0.717, 1.165) is 38.7 Å². The molecule has 4 heterocycles. The number of ether oxygens (including phenoxy) is 1. The Morgan fingerprint density at radius 2 is 1.92 bits per heavy atom. The molecule has 0 amide bonds. The van der Waals surface area contributed by atoms with E-state index in [9.17, 15) is 4.79 Å². The van der Waals surface area contributed by atoms with Gasteiger partial charge >= 0.3 is 0 Å². The zero-order valence-corrected chi connectivity index (χ0v) is 22.7. The van der Waals surface area contributed by atoms with Crippen molar-refractivity contribution in [3.8, 4) is 22.7 Å². The van der Waals surface area contributed by atoms with Crippen molar-refractivity contribution in [1.29, 1.82) is 0 Å². The van der Waals surface area contributed by atoms with Gasteiger partial charge in [-0.1, -0.05) is 48.3 Å². The lowest BCUT2D eigenvalue weighted by Gasteiger charge is -2.08. The fraction of sp³-hybridized carbons (Fsp3) is 0.0667. The molecule has 0 atom stereocenters. The Bertz CT molecular complexity index is 1920. The van der Waals surface area contributed by atoms with Crippen LogP contribution in [0, 0.1) is 6.92 Å². The van der Waals surface area contributed by atoms with Crippen molar-refractivity contribution in [1.82, 2.24) is 24.4 Å². The van der Waals surface area contributed by atoms with E-state index in [0.29, 0.717) is 21.9 Å². The number of rotatable bonds is 8. The van der Waals surface area contributed by atoms with Gasteiger partial charge in [0.15, 0.2) is 5.82 Å². The maximum absolute atomic E-state index is 13.3. The van der Waals surface area contributed by atoms with Crippen molar-refractivity contribution in [2.24, 2.45) is 0 Å². The highest BCUT2D eigenvalue weighted by molar-refractivity contribution is 7.15. The summed E-state index contributed by atoms with van der Waals surface area (Å²) in [6.45, 7) is 6.17. The first-order chi connectivity index (χ1) is 19.1. The maximum atomic E-state index is 13.3. The molecule has 0 saturated carbocycles. The van der Waals surface area contributed by atoms with E-state index in [2.05, 4.69) is 16.7 Å². The molecule has 4 aromatic heterocycles. The van der Waals surface area contributed by atoms with Crippen LogP contribution in [0.25, 0.3) is 40.1 Å². The summed E-state index contributed by atoms with van der Waals surface area (Å²) in [6.07, 6.45) is 9.29. The standard InChI is InChI=1S/C30H23N5O2S2/c1-3-15-37-23-11-13-25(20(2)17-23)28-21(19-34(33-28)22-8-5-4-6-9-22)18-26-29(36)35-30(39-26)31-27(32-35)14-12-24-10-7-16-38-24/h3-14,16-19H,1,15H2,2H3/b14-12+,26-18-. The molecular formula is C30H23N5O2S2. The molecule has 6 rings (SSSR count). The first-order valence-corrected chi connectivity index (χ1v) is 13.9. The van der Waals surface area contributed by atoms with Crippen molar-refractivity contribution < 1.29 is 4.74 Å². The maximum Gasteiger partial charge on any atom is 0.291 e. The van der Waals surface area contributed by atoms with Crippen LogP contribution in [0.1, 0.15) is 21.8 Å². The first kappa shape index (κ1) is 24.7. The van der Waals surface area contributed by atoms with Gasteiger partial charge in [0, 0.05) is 22.2 Å². The van der Waals surface area contributed by atoms with Crippen molar-refractivity contribution in [3.63, 3.8) is 0 Å². The third kappa shape index (κ3) is 5.09. The number of fused-ring (bicyclic) bond motifs is 1. The third-order valence-electron chi connectivity index (χ3n) is 6.01. The minimum Gasteiger partial charge on any atom is -0.490 e. The molecule has 0 aliphatic carbocycles. The molecule has 0 bridgehead atoms. The highest BCUT2D eigenvalue weighted by Gasteiger charge is 2.16. The summed E-state index contributed by atoms with van der Waals surface area (Å²) in [5, 5.41) is 11.3. The second-order valence-electron chi connectivity index (χ2n) is 8.72. The number of thiophene rings is 1. The van der Waals surface area contributed by atoms with E-state index in [4.69, 9.17) is 9.84 Å². The molecule has 0 aliphatic rings. The highest BCUT2D eigenvalue weighted by atomic mass is 32.1. The molecule has 7 nitrogen and oxygen atoms in total. The summed E-state index contributed by atoms with van der Waals surface area (Å²) in [6, 6.07) is 19.8. The summed E-state index contributed by atoms with van der Waals surface area (Å²) in [7, 11) is 0. The van der Waals surface area contributed by atoms with Crippen LogP contribution in [0.15, 0.2) is 89.7 Å². The number of thiazole rings is 1. The number of nitrogens with zero attached hydrogens (tertiary/aromatic N) is 5. The average molecular weight is 550 g/mol. The van der Waals surface area contributed by atoms with Gasteiger partial charge in [-0.05, 0) is 72.5 Å². The Morgan fingerprint density at radius 1 is 1.05 bits per heavy atom. The smallest absolute Gasteiger partial charge is 0.291 e. The number of hydrogen-bond acceptors (Lipinski definition) is 7. The number of aromatic nitrogens is 5. The Labute approximate surface area is 232 Å². The zero-order valence-electron chi connectivity index (χ0n) is 21.0. The van der Waals surface area contributed by atoms with Crippen LogP contribution in [0.3, 0.4) is 0 Å². The lowest BCUT2D eigenvalue weighted by molar-refractivity contribution is 0.363. The summed E-state index contributed by atoms with van der Waals surface area (Å²) >= 11 is 2.94. The molecule has 0 fully saturated rings. The van der Waals surface area contributed by atoms with Crippen molar-refractivity contribution in [2.75, 3.05) is 6.61 Å². The fourth-order valence-electron chi connectivity index (χ4n) is 4.17. The van der Waals surface area contributed by atoms with Gasteiger partial charge in [0.1, 0.15) is 18.1 Å². The van der Waals surface area contributed by atoms with E-state index in [-0.39, 0.29) is 5.56 Å². The number of aryl methyl sites for hydroxylation is 1. The van der Waals surface area contributed by atoms with Crippen LogP contribution in [0.2, 0.25) is 0 Å². The van der Waals surface area contributed by atoms with Crippen LogP contribution >= 0.6 is 22.7 Å². The topological polar surface area (TPSA) is 74.3 Å². The lowest BCUT2D eigenvalue weighted by Crippen LogP contribution is -2.23. The van der Waals surface area contributed by atoms with E-state index in [1.165, 1.54) is 15.9 Å². The molecule has 0 N–H and O–H groups in total. The molecule has 192 valence electrons. The van der Waals surface area contributed by atoms with Crippen LogP contribution in [-0.2, 0) is 0 Å². The molecule has 9 heteroatoms. The van der Waals surface area contributed by atoms with Crippen molar-refractivity contribution >= 4 is 45.9 Å². The van der Waals surface area contributed by atoms with Gasteiger partial charge in [0.2, 0.25) is 4.96 Å². The van der Waals surface area contributed by atoms with E-state index >= 15 is 0 Å². The van der Waals surface area contributed by atoms with E-state index < -0.39 is 0 Å². The van der Waals surface area contributed by atoms with Crippen LogP contribution in [0.5, 0.6) is 5.75 Å². The number of para-hydroxylation sites is 1. The largest absolute Gasteiger partial charge is 0.490 e. The van der Waals surface area contributed by atoms with Gasteiger partial charge in [-0.3, -0.25) is 4.79 Å². The van der Waals surface area contributed by atoms with Crippen LogP contribution < -0.4 is 14.8 Å². The number of hydrogen-bond donors (Lipinski definition) is 0. The van der Waals surface area contributed by atoms with Gasteiger partial charge in [-0.15, -0.1) is 16.4 Å². The third-order valence-corrected chi connectivity index (χ3v) is 7.81. The summed E-state index contributed by atoms with van der Waals surface area (Å²) < 4.78 is 9.44. The molecular weight excluding hydrogens is 526 g/mol. The second kappa shape index (κ2) is 10.6. The Kier molecular flexibility index (Phi) is 6.75. The Hall–Kier alpha value is -4.60. The predicted molar refractivity (Wildman–Crippen MR) is 159 cm³/mol. The molecule has 0 saturated heterocycles. The monoisotopic (exact) mass is 549 g/mol. The molecule has 0 unspecified atom stereocenters. The molecule has 2 aromatic carbocycles. The van der Waals surface area contributed by atoms with Crippen molar-refractivity contribution in [3.05, 3.63) is 122 Å². The van der Waals surface area contributed by atoms with Crippen molar-refractivity contribution in [2.45, 2.75) is 6.92 Å². The van der Waals surface area contributed by atoms with Gasteiger partial charge in [-0.2, -0.15) is 14.6 Å². The second-order valence-corrected chi connectivity index (χ2v) is 10.7. The Morgan fingerprint density at radius 3 is 2.67 bits per heavy atom. The van der Waals surface area contributed by atoms with Gasteiger partial charge in [-0.25, -0.2) is 4.68 Å². The fourth-order valence-corrected chi connectivity index (χ4v) is 5.69. The molecule has 0 radical (unpaired) electrons. The van der Waals surface area contributed by atoms with E-state index in [1.807, 2.05) is 102 Å². The van der Waals surface area contributed by atoms with Gasteiger partial charge in [0.05, 0.1) is 10.2 Å². The molecule has 0 aliphatic heterocycles. The average Bonchev–Trinajstić information content (AvgIpc) is 3.74. The lowest BCUT2D eigenvalue weighted by atomic mass is 10.0. The quantitative estimate of drug-likeness (QED) is 0.229. The van der Waals surface area contributed by atoms with Gasteiger partial charge in [0.25, 0.3) is 5.56 Å².